The fraction of sp³-hybridized carbons (Fsp3) is 0.438. The van der Waals surface area contributed by atoms with Gasteiger partial charge in [0, 0.05) is 29.7 Å². The number of hydrogen-bond acceptors (Lipinski definition) is 10. The van der Waals surface area contributed by atoms with Gasteiger partial charge in [-0.05, 0) is 65.7 Å². The number of ether oxygens (including phenoxy) is 2. The molecule has 1 unspecified atom stereocenters. The number of aryl methyl sites for hydroxylation is 1. The summed E-state index contributed by atoms with van der Waals surface area (Å²) in [5, 5.41) is 3.64. The molecule has 0 saturated carbocycles. The van der Waals surface area contributed by atoms with Crippen LogP contribution in [0, 0.1) is 5.92 Å². The van der Waals surface area contributed by atoms with Crippen LogP contribution in [-0.2, 0) is 36.7 Å². The second-order valence-electron chi connectivity index (χ2n) is 13.1. The molecule has 1 N–H and O–H groups in total. The van der Waals surface area contributed by atoms with Gasteiger partial charge in [0.25, 0.3) is 5.91 Å². The number of imide groups is 3. The Balaban J connectivity index is 1.93. The summed E-state index contributed by atoms with van der Waals surface area (Å²) < 4.78 is 40.9. The number of hydrogen-bond donors (Lipinski definition) is 1. The number of nitrogens with zero attached hydrogens (tertiary/aromatic N) is 3. The van der Waals surface area contributed by atoms with Crippen LogP contribution >= 0.6 is 11.3 Å². The number of amides is 3. The second-order valence-corrected chi connectivity index (χ2v) is 16.3. The molecular weight excluding hydrogens is 617 g/mol. The van der Waals surface area contributed by atoms with Crippen molar-refractivity contribution in [3.63, 3.8) is 0 Å². The largest absolute Gasteiger partial charge is 0.443 e. The van der Waals surface area contributed by atoms with Crippen LogP contribution in [0.4, 0.5) is 9.59 Å². The summed E-state index contributed by atoms with van der Waals surface area (Å²) in [7, 11) is -2.32. The van der Waals surface area contributed by atoms with Gasteiger partial charge in [0.1, 0.15) is 22.6 Å². The monoisotopic (exact) mass is 656 g/mol. The Hall–Kier alpha value is -3.81. The maximum Gasteiger partial charge on any atom is 0.426 e. The minimum Gasteiger partial charge on any atom is -0.443 e. The molecule has 4 rings (SSSR count). The molecule has 0 spiro atoms. The summed E-state index contributed by atoms with van der Waals surface area (Å²) in [6, 6.07) is 14.3. The van der Waals surface area contributed by atoms with Gasteiger partial charge >= 0.3 is 12.2 Å². The quantitative estimate of drug-likeness (QED) is 0.241. The molecule has 0 saturated heterocycles. The van der Waals surface area contributed by atoms with Gasteiger partial charge in [0.2, 0.25) is 14.2 Å². The van der Waals surface area contributed by atoms with Crippen LogP contribution in [0.5, 0.6) is 0 Å². The summed E-state index contributed by atoms with van der Waals surface area (Å²) in [5.74, 6) is -2.47. The first-order valence-corrected chi connectivity index (χ1v) is 16.9. The van der Waals surface area contributed by atoms with Gasteiger partial charge in [-0.15, -0.1) is 16.2 Å². The van der Waals surface area contributed by atoms with Crippen molar-refractivity contribution in [2.75, 3.05) is 5.88 Å². The van der Waals surface area contributed by atoms with E-state index in [-0.39, 0.29) is 4.34 Å². The van der Waals surface area contributed by atoms with Crippen molar-refractivity contribution in [2.24, 2.45) is 13.0 Å². The van der Waals surface area contributed by atoms with Gasteiger partial charge in [-0.3, -0.25) is 10.1 Å². The van der Waals surface area contributed by atoms with E-state index in [2.05, 4.69) is 10.3 Å². The summed E-state index contributed by atoms with van der Waals surface area (Å²) in [4.78, 5) is 46.9. The van der Waals surface area contributed by atoms with Crippen molar-refractivity contribution in [1.82, 2.24) is 19.8 Å². The second kappa shape index (κ2) is 12.2. The van der Waals surface area contributed by atoms with E-state index in [9.17, 15) is 22.8 Å². The lowest BCUT2D eigenvalue weighted by molar-refractivity contribution is -0.138. The molecule has 4 aromatic rings. The molecule has 0 radical (unpaired) electrons. The van der Waals surface area contributed by atoms with E-state index in [1.54, 1.807) is 110 Å². The van der Waals surface area contributed by atoms with Gasteiger partial charge in [-0.2, -0.15) is 0 Å². The van der Waals surface area contributed by atoms with Crippen LogP contribution in [0.2, 0.25) is 0 Å². The summed E-state index contributed by atoms with van der Waals surface area (Å²) in [6.45, 7) is 13.0. The van der Waals surface area contributed by atoms with E-state index in [0.29, 0.717) is 26.1 Å². The molecule has 11 nitrogen and oxygen atoms in total. The van der Waals surface area contributed by atoms with Crippen molar-refractivity contribution in [2.45, 2.75) is 76.5 Å². The van der Waals surface area contributed by atoms with Crippen LogP contribution < -0.4 is 5.32 Å². The third-order valence-electron chi connectivity index (χ3n) is 6.96. The number of benzene rings is 2. The van der Waals surface area contributed by atoms with Crippen molar-refractivity contribution in [1.29, 1.82) is 0 Å². The van der Waals surface area contributed by atoms with Crippen molar-refractivity contribution in [3.8, 4) is 0 Å². The molecule has 13 heteroatoms. The Kier molecular flexibility index (Phi) is 9.22. The summed E-state index contributed by atoms with van der Waals surface area (Å²) in [5.41, 5.74) is -2.41. The average Bonchev–Trinajstić information content (AvgIpc) is 3.49. The lowest BCUT2D eigenvalue weighted by atomic mass is 9.78. The SMILES string of the molecule is CC(C)C(NCS(=O)(=O)c1nc2ccccc2s1)(C(=O)N(C(=O)OC(C)(C)C)C(=O)OC(C)(C)C)c1cn(C)c2ccccc12. The Morgan fingerprint density at radius 2 is 1.49 bits per heavy atom. The van der Waals surface area contributed by atoms with Crippen LogP contribution in [0.25, 0.3) is 21.1 Å². The maximum absolute atomic E-state index is 15.0. The number of nitrogens with one attached hydrogen (secondary N) is 1. The van der Waals surface area contributed by atoms with Crippen LogP contribution in [0.1, 0.15) is 61.0 Å². The molecule has 242 valence electrons. The molecule has 2 heterocycles. The minimum atomic E-state index is -4.11. The molecule has 3 amide bonds. The first-order valence-electron chi connectivity index (χ1n) is 14.5. The number of aromatic nitrogens is 2. The fourth-order valence-corrected chi connectivity index (χ4v) is 7.42. The third-order valence-corrected chi connectivity index (χ3v) is 9.95. The number of fused-ring (bicyclic) bond motifs is 2. The Bertz CT molecular complexity index is 1800. The standard InChI is InChI=1S/C32H40N4O7S2/c1-20(2)32(22-18-35(9)24-16-12-10-14-21(22)24,33-19-45(40,41)27-34-23-15-11-13-17-25(23)44-27)26(37)36(28(38)42-30(3,4)5)29(39)43-31(6,7)8/h10-18,20,33H,19H2,1-9H3. The first kappa shape index (κ1) is 34.1. The van der Waals surface area contributed by atoms with Gasteiger partial charge in [0.15, 0.2) is 0 Å². The van der Waals surface area contributed by atoms with E-state index in [1.807, 2.05) is 12.1 Å². The summed E-state index contributed by atoms with van der Waals surface area (Å²) >= 11 is 1.02. The highest BCUT2D eigenvalue weighted by molar-refractivity contribution is 7.93. The van der Waals surface area contributed by atoms with E-state index in [4.69, 9.17) is 9.47 Å². The zero-order chi connectivity index (χ0) is 33.5. The van der Waals surface area contributed by atoms with Crippen molar-refractivity contribution >= 4 is 60.4 Å². The van der Waals surface area contributed by atoms with Crippen molar-refractivity contribution in [3.05, 3.63) is 60.3 Å². The highest BCUT2D eigenvalue weighted by atomic mass is 32.2. The third kappa shape index (κ3) is 7.05. The topological polar surface area (TPSA) is 137 Å². The van der Waals surface area contributed by atoms with Gasteiger partial charge in [-0.25, -0.2) is 23.0 Å². The number of rotatable bonds is 7. The Morgan fingerprint density at radius 1 is 0.933 bits per heavy atom. The lowest BCUT2D eigenvalue weighted by Crippen LogP contribution is -2.62. The number of sulfone groups is 1. The number of carbonyl (C=O) groups is 3. The van der Waals surface area contributed by atoms with Crippen LogP contribution in [0.15, 0.2) is 59.1 Å². The Morgan fingerprint density at radius 3 is 2.04 bits per heavy atom. The number of carbonyl (C=O) groups excluding carboxylic acids is 3. The minimum absolute atomic E-state index is 0.129. The van der Waals surface area contributed by atoms with Crippen LogP contribution in [-0.4, -0.2) is 58.0 Å². The molecule has 0 aliphatic heterocycles. The predicted octanol–water partition coefficient (Wildman–Crippen LogP) is 6.36. The van der Waals surface area contributed by atoms with Crippen LogP contribution in [0.3, 0.4) is 0 Å². The highest BCUT2D eigenvalue weighted by Crippen LogP contribution is 2.39. The van der Waals surface area contributed by atoms with Gasteiger partial charge < -0.3 is 14.0 Å². The molecule has 2 aromatic carbocycles. The Labute approximate surface area is 267 Å². The zero-order valence-electron chi connectivity index (χ0n) is 27.0. The van der Waals surface area contributed by atoms with E-state index >= 15 is 0 Å². The maximum atomic E-state index is 15.0. The highest BCUT2D eigenvalue weighted by Gasteiger charge is 2.53. The van der Waals surface area contributed by atoms with E-state index in [1.165, 1.54) is 0 Å². The van der Waals surface area contributed by atoms with Crippen molar-refractivity contribution < 1.29 is 32.3 Å². The normalized spacial score (nSPS) is 14.0. The van der Waals surface area contributed by atoms with Gasteiger partial charge in [-0.1, -0.05) is 44.2 Å². The number of thiazole rings is 1. The molecular formula is C32H40N4O7S2. The molecule has 0 bridgehead atoms. The molecule has 1 atom stereocenters. The lowest BCUT2D eigenvalue weighted by Gasteiger charge is -2.40. The molecule has 2 aromatic heterocycles. The predicted molar refractivity (Wildman–Crippen MR) is 174 cm³/mol. The van der Waals surface area contributed by atoms with E-state index in [0.717, 1.165) is 16.9 Å². The first-order chi connectivity index (χ1) is 20.8. The summed E-state index contributed by atoms with van der Waals surface area (Å²) in [6.07, 6.45) is -0.798. The molecule has 0 aliphatic rings. The molecule has 45 heavy (non-hydrogen) atoms. The number of para-hydroxylation sites is 2. The molecule has 0 fully saturated rings. The van der Waals surface area contributed by atoms with E-state index < -0.39 is 56.5 Å². The molecule has 0 aliphatic carbocycles. The zero-order valence-corrected chi connectivity index (χ0v) is 28.6. The fourth-order valence-electron chi connectivity index (χ4n) is 4.99. The average molecular weight is 657 g/mol. The smallest absolute Gasteiger partial charge is 0.426 e. The van der Waals surface area contributed by atoms with Gasteiger partial charge in [0.05, 0.1) is 10.2 Å².